The van der Waals surface area contributed by atoms with Crippen LogP contribution in [0.1, 0.15) is 5.56 Å². The van der Waals surface area contributed by atoms with Gasteiger partial charge in [0, 0.05) is 10.2 Å². The number of anilines is 1. The molecule has 7 heteroatoms. The molecular weight excluding hydrogens is 528 g/mol. The number of ether oxygens (including phenoxy) is 1. The van der Waals surface area contributed by atoms with Gasteiger partial charge in [-0.15, -0.1) is 6.42 Å². The summed E-state index contributed by atoms with van der Waals surface area (Å²) in [7, 11) is 0. The number of nitrogens with zero attached hydrogens (tertiary/aromatic N) is 1. The SMILES string of the molecule is C#CCOc1c(Br)cc(/C=C(/C#N)C(=O)Nc2cccc(Br)c2)cc1Br. The van der Waals surface area contributed by atoms with Gasteiger partial charge in [-0.25, -0.2) is 0 Å². The topological polar surface area (TPSA) is 62.1 Å². The zero-order valence-electron chi connectivity index (χ0n) is 13.2. The molecule has 0 spiro atoms. The first-order valence-electron chi connectivity index (χ1n) is 7.18. The molecule has 0 unspecified atom stereocenters. The lowest BCUT2D eigenvalue weighted by molar-refractivity contribution is -0.112. The zero-order chi connectivity index (χ0) is 19.1. The van der Waals surface area contributed by atoms with Crippen LogP contribution >= 0.6 is 47.8 Å². The Labute approximate surface area is 176 Å². The van der Waals surface area contributed by atoms with Crippen LogP contribution in [0.15, 0.2) is 55.4 Å². The Hall–Kier alpha value is -2.06. The third-order valence-corrected chi connectivity index (χ3v) is 4.75. The number of terminal acetylenes is 1. The van der Waals surface area contributed by atoms with Crippen molar-refractivity contribution in [1.82, 2.24) is 0 Å². The van der Waals surface area contributed by atoms with Gasteiger partial charge >= 0.3 is 0 Å². The van der Waals surface area contributed by atoms with Crippen molar-refractivity contribution in [3.05, 3.63) is 61.0 Å². The number of hydrogen-bond acceptors (Lipinski definition) is 3. The summed E-state index contributed by atoms with van der Waals surface area (Å²) in [5.41, 5.74) is 1.21. The van der Waals surface area contributed by atoms with Gasteiger partial charge in [0.05, 0.1) is 8.95 Å². The highest BCUT2D eigenvalue weighted by Crippen LogP contribution is 2.35. The van der Waals surface area contributed by atoms with E-state index >= 15 is 0 Å². The first kappa shape index (κ1) is 20.3. The van der Waals surface area contributed by atoms with E-state index in [4.69, 9.17) is 11.2 Å². The summed E-state index contributed by atoms with van der Waals surface area (Å²) in [6.45, 7) is 0.130. The van der Waals surface area contributed by atoms with E-state index < -0.39 is 5.91 Å². The number of nitrogens with one attached hydrogen (secondary N) is 1. The van der Waals surface area contributed by atoms with Gasteiger partial charge in [-0.2, -0.15) is 5.26 Å². The number of nitriles is 1. The van der Waals surface area contributed by atoms with E-state index in [1.54, 1.807) is 30.3 Å². The molecule has 130 valence electrons. The maximum absolute atomic E-state index is 12.3. The fraction of sp³-hybridized carbons (Fsp3) is 0.0526. The summed E-state index contributed by atoms with van der Waals surface area (Å²) in [5, 5.41) is 12.0. The molecule has 0 fully saturated rings. The molecule has 2 rings (SSSR count). The summed E-state index contributed by atoms with van der Waals surface area (Å²) in [6, 6.07) is 12.5. The minimum Gasteiger partial charge on any atom is -0.479 e. The predicted octanol–water partition coefficient (Wildman–Crippen LogP) is 5.53. The molecule has 0 saturated heterocycles. The van der Waals surface area contributed by atoms with E-state index in [1.807, 2.05) is 12.1 Å². The zero-order valence-corrected chi connectivity index (χ0v) is 18.0. The van der Waals surface area contributed by atoms with Crippen molar-refractivity contribution in [2.24, 2.45) is 0 Å². The van der Waals surface area contributed by atoms with E-state index in [-0.39, 0.29) is 12.2 Å². The summed E-state index contributed by atoms with van der Waals surface area (Å²) in [6.07, 6.45) is 6.69. The first-order chi connectivity index (χ1) is 12.4. The van der Waals surface area contributed by atoms with Crippen molar-refractivity contribution < 1.29 is 9.53 Å². The highest BCUT2D eigenvalue weighted by Gasteiger charge is 2.12. The number of carbonyl (C=O) groups is 1. The first-order valence-corrected chi connectivity index (χ1v) is 9.56. The quantitative estimate of drug-likeness (QED) is 0.309. The molecule has 26 heavy (non-hydrogen) atoms. The Morgan fingerprint density at radius 1 is 1.23 bits per heavy atom. The van der Waals surface area contributed by atoms with Gasteiger partial charge in [-0.1, -0.05) is 27.9 Å². The fourth-order valence-electron chi connectivity index (χ4n) is 1.99. The van der Waals surface area contributed by atoms with Crippen molar-refractivity contribution in [2.45, 2.75) is 0 Å². The largest absolute Gasteiger partial charge is 0.479 e. The maximum atomic E-state index is 12.3. The summed E-state index contributed by atoms with van der Waals surface area (Å²) >= 11 is 10.1. The summed E-state index contributed by atoms with van der Waals surface area (Å²) in [4.78, 5) is 12.3. The smallest absolute Gasteiger partial charge is 0.266 e. The lowest BCUT2D eigenvalue weighted by atomic mass is 10.1. The van der Waals surface area contributed by atoms with Gasteiger partial charge in [-0.3, -0.25) is 4.79 Å². The molecule has 0 aliphatic carbocycles. The van der Waals surface area contributed by atoms with Crippen molar-refractivity contribution in [1.29, 1.82) is 5.26 Å². The third kappa shape index (κ3) is 5.47. The molecule has 0 radical (unpaired) electrons. The van der Waals surface area contributed by atoms with Crippen LogP contribution in [-0.4, -0.2) is 12.5 Å². The molecule has 0 aromatic heterocycles. The number of rotatable bonds is 5. The molecule has 0 aliphatic heterocycles. The number of benzene rings is 2. The van der Waals surface area contributed by atoms with E-state index in [1.165, 1.54) is 6.08 Å². The standard InChI is InChI=1S/C19H11Br3N2O2/c1-2-6-26-18-16(21)8-12(9-17(18)22)7-13(11-23)19(25)24-15-5-3-4-14(20)10-15/h1,3-5,7-10H,6H2,(H,24,25)/b13-7-. The van der Waals surface area contributed by atoms with Crippen LogP contribution in [0.25, 0.3) is 6.08 Å². The molecule has 2 aromatic rings. The molecule has 0 aliphatic rings. The Kier molecular flexibility index (Phi) is 7.47. The third-order valence-electron chi connectivity index (χ3n) is 3.08. The van der Waals surface area contributed by atoms with E-state index in [2.05, 4.69) is 59.0 Å². The molecule has 1 N–H and O–H groups in total. The van der Waals surface area contributed by atoms with Crippen LogP contribution in [0, 0.1) is 23.7 Å². The molecule has 0 bridgehead atoms. The van der Waals surface area contributed by atoms with Crippen LogP contribution in [-0.2, 0) is 4.79 Å². The van der Waals surface area contributed by atoms with Gasteiger partial charge in [0.25, 0.3) is 5.91 Å². The second kappa shape index (κ2) is 9.59. The molecule has 4 nitrogen and oxygen atoms in total. The summed E-state index contributed by atoms with van der Waals surface area (Å²) < 4.78 is 7.57. The monoisotopic (exact) mass is 536 g/mol. The average molecular weight is 539 g/mol. The Morgan fingerprint density at radius 3 is 2.50 bits per heavy atom. The second-order valence-electron chi connectivity index (χ2n) is 4.94. The van der Waals surface area contributed by atoms with Crippen LogP contribution in [0.4, 0.5) is 5.69 Å². The van der Waals surface area contributed by atoms with Crippen LogP contribution < -0.4 is 10.1 Å². The van der Waals surface area contributed by atoms with E-state index in [0.29, 0.717) is 25.9 Å². The number of carbonyl (C=O) groups excluding carboxylic acids is 1. The summed E-state index contributed by atoms with van der Waals surface area (Å²) in [5.74, 6) is 2.45. The highest BCUT2D eigenvalue weighted by molar-refractivity contribution is 9.11. The number of halogens is 3. The molecule has 2 aromatic carbocycles. The second-order valence-corrected chi connectivity index (χ2v) is 7.57. The fourth-order valence-corrected chi connectivity index (χ4v) is 3.84. The minimum atomic E-state index is -0.495. The average Bonchev–Trinajstić information content (AvgIpc) is 2.59. The van der Waals surface area contributed by atoms with Crippen LogP contribution in [0.2, 0.25) is 0 Å². The Morgan fingerprint density at radius 2 is 1.92 bits per heavy atom. The van der Waals surface area contributed by atoms with Gasteiger partial charge < -0.3 is 10.1 Å². The number of amides is 1. The molecule has 1 amide bonds. The minimum absolute atomic E-state index is 0.0268. The Bertz CT molecular complexity index is 933. The van der Waals surface area contributed by atoms with Crippen LogP contribution in [0.5, 0.6) is 5.75 Å². The maximum Gasteiger partial charge on any atom is 0.266 e. The predicted molar refractivity (Wildman–Crippen MR) is 113 cm³/mol. The van der Waals surface area contributed by atoms with Crippen LogP contribution in [0.3, 0.4) is 0 Å². The molecule has 0 atom stereocenters. The van der Waals surface area contributed by atoms with Gasteiger partial charge in [-0.05, 0) is 73.8 Å². The van der Waals surface area contributed by atoms with Gasteiger partial charge in [0.1, 0.15) is 24.0 Å². The van der Waals surface area contributed by atoms with Crippen molar-refractivity contribution in [2.75, 3.05) is 11.9 Å². The molecule has 0 saturated carbocycles. The lowest BCUT2D eigenvalue weighted by Crippen LogP contribution is -2.13. The molecule has 0 heterocycles. The molecular formula is C19H11Br3N2O2. The van der Waals surface area contributed by atoms with Crippen molar-refractivity contribution in [3.63, 3.8) is 0 Å². The van der Waals surface area contributed by atoms with E-state index in [0.717, 1.165) is 4.47 Å². The lowest BCUT2D eigenvalue weighted by Gasteiger charge is -2.09. The highest BCUT2D eigenvalue weighted by atomic mass is 79.9. The van der Waals surface area contributed by atoms with E-state index in [9.17, 15) is 10.1 Å². The normalized spacial score (nSPS) is 10.6. The Balaban J connectivity index is 2.27. The van der Waals surface area contributed by atoms with Crippen molar-refractivity contribution in [3.8, 4) is 24.2 Å². The van der Waals surface area contributed by atoms with Gasteiger partial charge in [0.15, 0.2) is 0 Å². The van der Waals surface area contributed by atoms with Crippen molar-refractivity contribution >= 4 is 65.5 Å². The number of hydrogen-bond donors (Lipinski definition) is 1. The van der Waals surface area contributed by atoms with Gasteiger partial charge in [0.2, 0.25) is 0 Å².